The molecular formula is C25H25NO4. The second kappa shape index (κ2) is 9.74. The fourth-order valence-electron chi connectivity index (χ4n) is 3.28. The molecule has 1 amide bonds. The van der Waals surface area contributed by atoms with E-state index in [4.69, 9.17) is 9.47 Å². The van der Waals surface area contributed by atoms with Gasteiger partial charge in [0.1, 0.15) is 0 Å². The fourth-order valence-corrected chi connectivity index (χ4v) is 3.28. The lowest BCUT2D eigenvalue weighted by Crippen LogP contribution is -2.29. The molecule has 0 heterocycles. The molecule has 3 rings (SSSR count). The number of hydrogen-bond donors (Lipinski definition) is 0. The highest BCUT2D eigenvalue weighted by atomic mass is 16.5. The monoisotopic (exact) mass is 403 g/mol. The minimum absolute atomic E-state index is 0.0630. The van der Waals surface area contributed by atoms with Gasteiger partial charge in [0.25, 0.3) is 5.91 Å². The van der Waals surface area contributed by atoms with Crippen LogP contribution in [0.5, 0.6) is 11.5 Å². The molecule has 3 aromatic rings. The molecule has 0 saturated carbocycles. The van der Waals surface area contributed by atoms with Gasteiger partial charge in [-0.15, -0.1) is 0 Å². The zero-order chi connectivity index (χ0) is 21.5. The van der Waals surface area contributed by atoms with Crippen molar-refractivity contribution in [2.45, 2.75) is 6.42 Å². The number of likely N-dealkylation sites (N-methyl/N-ethyl adjacent to an activating group) is 1. The normalized spacial score (nSPS) is 10.4. The molecule has 0 aliphatic heterocycles. The van der Waals surface area contributed by atoms with Gasteiger partial charge in [0.15, 0.2) is 17.3 Å². The van der Waals surface area contributed by atoms with Crippen molar-refractivity contribution >= 4 is 11.7 Å². The molecule has 0 bridgehead atoms. The van der Waals surface area contributed by atoms with Gasteiger partial charge in [-0.25, -0.2) is 0 Å². The van der Waals surface area contributed by atoms with Crippen LogP contribution in [-0.4, -0.2) is 44.4 Å². The van der Waals surface area contributed by atoms with Crippen molar-refractivity contribution in [2.75, 3.05) is 27.8 Å². The summed E-state index contributed by atoms with van der Waals surface area (Å²) in [6, 6.07) is 21.8. The van der Waals surface area contributed by atoms with Crippen LogP contribution in [0.3, 0.4) is 0 Å². The summed E-state index contributed by atoms with van der Waals surface area (Å²) in [6.45, 7) is 0.457. The van der Waals surface area contributed by atoms with Gasteiger partial charge in [-0.1, -0.05) is 48.5 Å². The minimum atomic E-state index is -0.0939. The van der Waals surface area contributed by atoms with Crippen molar-refractivity contribution in [3.05, 3.63) is 95.1 Å². The van der Waals surface area contributed by atoms with Crippen LogP contribution in [0.15, 0.2) is 72.8 Å². The third-order valence-electron chi connectivity index (χ3n) is 4.97. The van der Waals surface area contributed by atoms with E-state index in [0.717, 1.165) is 5.56 Å². The van der Waals surface area contributed by atoms with E-state index < -0.39 is 0 Å². The van der Waals surface area contributed by atoms with Crippen LogP contribution >= 0.6 is 0 Å². The average molecular weight is 403 g/mol. The zero-order valence-electron chi connectivity index (χ0n) is 17.4. The number of ether oxygens (including phenoxy) is 2. The Morgan fingerprint density at radius 3 is 1.90 bits per heavy atom. The lowest BCUT2D eigenvalue weighted by atomic mass is 9.95. The van der Waals surface area contributed by atoms with E-state index in [9.17, 15) is 9.59 Å². The summed E-state index contributed by atoms with van der Waals surface area (Å²) in [5.74, 6) is 0.888. The van der Waals surface area contributed by atoms with Crippen LogP contribution < -0.4 is 9.47 Å². The summed E-state index contributed by atoms with van der Waals surface area (Å²) in [5, 5.41) is 0. The molecule has 5 nitrogen and oxygen atoms in total. The number of carbonyl (C=O) groups excluding carboxylic acids is 2. The Bertz CT molecular complexity index is 1020. The number of ketones is 1. The molecule has 0 aliphatic rings. The molecule has 0 aromatic heterocycles. The number of hydrogen-bond acceptors (Lipinski definition) is 4. The topological polar surface area (TPSA) is 55.8 Å². The zero-order valence-corrected chi connectivity index (χ0v) is 17.4. The quantitative estimate of drug-likeness (QED) is 0.528. The van der Waals surface area contributed by atoms with Crippen molar-refractivity contribution in [3.63, 3.8) is 0 Å². The first-order chi connectivity index (χ1) is 14.5. The summed E-state index contributed by atoms with van der Waals surface area (Å²) in [4.78, 5) is 27.5. The van der Waals surface area contributed by atoms with E-state index >= 15 is 0 Å². The van der Waals surface area contributed by atoms with Crippen LogP contribution in [0.2, 0.25) is 0 Å². The van der Waals surface area contributed by atoms with Crippen LogP contribution in [0.4, 0.5) is 0 Å². The largest absolute Gasteiger partial charge is 0.493 e. The van der Waals surface area contributed by atoms with Gasteiger partial charge in [-0.2, -0.15) is 0 Å². The molecule has 0 aliphatic carbocycles. The molecule has 0 unspecified atom stereocenters. The first kappa shape index (κ1) is 21.1. The lowest BCUT2D eigenvalue weighted by molar-refractivity contribution is 0.0796. The second-order valence-corrected chi connectivity index (χ2v) is 6.90. The SMILES string of the molecule is COc1cc(CCN(C)C(=O)c2ccccc2)c(C(=O)c2ccccc2)cc1OC. The molecule has 0 saturated heterocycles. The third-order valence-corrected chi connectivity index (χ3v) is 4.97. The predicted molar refractivity (Wildman–Crippen MR) is 117 cm³/mol. The number of methoxy groups -OCH3 is 2. The van der Waals surface area contributed by atoms with Crippen molar-refractivity contribution in [2.24, 2.45) is 0 Å². The summed E-state index contributed by atoms with van der Waals surface area (Å²) >= 11 is 0. The number of carbonyl (C=O) groups is 2. The van der Waals surface area contributed by atoms with E-state index in [2.05, 4.69) is 0 Å². The summed E-state index contributed by atoms with van der Waals surface area (Å²) < 4.78 is 10.8. The van der Waals surface area contributed by atoms with E-state index in [1.807, 2.05) is 42.5 Å². The van der Waals surface area contributed by atoms with E-state index in [1.165, 1.54) is 0 Å². The predicted octanol–water partition coefficient (Wildman–Crippen LogP) is 4.25. The van der Waals surface area contributed by atoms with Gasteiger partial charge >= 0.3 is 0 Å². The molecule has 30 heavy (non-hydrogen) atoms. The maximum absolute atomic E-state index is 13.2. The number of nitrogens with zero attached hydrogens (tertiary/aromatic N) is 1. The summed E-state index contributed by atoms with van der Waals surface area (Å²) in [5.41, 5.74) is 2.57. The standard InChI is InChI=1S/C25H25NO4/c1-26(25(28)19-12-8-5-9-13-19)15-14-20-16-22(29-2)23(30-3)17-21(20)24(27)18-10-6-4-7-11-18/h4-13,16-17H,14-15H2,1-3H3. The third kappa shape index (κ3) is 4.69. The molecule has 0 atom stereocenters. The first-order valence-electron chi connectivity index (χ1n) is 9.70. The van der Waals surface area contributed by atoms with Crippen molar-refractivity contribution in [3.8, 4) is 11.5 Å². The van der Waals surface area contributed by atoms with Crippen LogP contribution in [-0.2, 0) is 6.42 Å². The molecule has 0 N–H and O–H groups in total. The molecular weight excluding hydrogens is 378 g/mol. The Hall–Kier alpha value is -3.60. The highest BCUT2D eigenvalue weighted by Gasteiger charge is 2.19. The van der Waals surface area contributed by atoms with Gasteiger partial charge in [-0.05, 0) is 36.2 Å². The number of rotatable bonds is 8. The van der Waals surface area contributed by atoms with Crippen molar-refractivity contribution < 1.29 is 19.1 Å². The average Bonchev–Trinajstić information content (AvgIpc) is 2.82. The smallest absolute Gasteiger partial charge is 0.253 e. The highest BCUT2D eigenvalue weighted by Crippen LogP contribution is 2.32. The molecule has 154 valence electrons. The summed E-state index contributed by atoms with van der Waals surface area (Å²) in [6.07, 6.45) is 0.503. The maximum Gasteiger partial charge on any atom is 0.253 e. The van der Waals surface area contributed by atoms with Crippen molar-refractivity contribution in [1.29, 1.82) is 0 Å². The second-order valence-electron chi connectivity index (χ2n) is 6.90. The van der Waals surface area contributed by atoms with Gasteiger partial charge < -0.3 is 14.4 Å². The number of amides is 1. The fraction of sp³-hybridized carbons (Fsp3) is 0.200. The van der Waals surface area contributed by atoms with Crippen LogP contribution in [0, 0.1) is 0 Å². The van der Waals surface area contributed by atoms with Gasteiger partial charge in [0.2, 0.25) is 0 Å². The van der Waals surface area contributed by atoms with Crippen LogP contribution in [0.1, 0.15) is 31.8 Å². The van der Waals surface area contributed by atoms with E-state index in [1.54, 1.807) is 56.5 Å². The Labute approximate surface area is 176 Å². The Balaban J connectivity index is 1.88. The molecule has 5 heteroatoms. The van der Waals surface area contributed by atoms with E-state index in [0.29, 0.717) is 41.2 Å². The Morgan fingerprint density at radius 1 is 0.800 bits per heavy atom. The van der Waals surface area contributed by atoms with Gasteiger partial charge in [0.05, 0.1) is 14.2 Å². The number of benzene rings is 3. The Kier molecular flexibility index (Phi) is 6.86. The van der Waals surface area contributed by atoms with Gasteiger partial charge in [0, 0.05) is 30.3 Å². The molecule has 0 radical (unpaired) electrons. The van der Waals surface area contributed by atoms with Crippen molar-refractivity contribution in [1.82, 2.24) is 4.90 Å². The molecule has 0 spiro atoms. The minimum Gasteiger partial charge on any atom is -0.493 e. The first-order valence-corrected chi connectivity index (χ1v) is 9.70. The molecule has 3 aromatic carbocycles. The Morgan fingerprint density at radius 2 is 1.33 bits per heavy atom. The van der Waals surface area contributed by atoms with Gasteiger partial charge in [-0.3, -0.25) is 9.59 Å². The molecule has 0 fully saturated rings. The van der Waals surface area contributed by atoms with E-state index in [-0.39, 0.29) is 11.7 Å². The summed E-state index contributed by atoms with van der Waals surface area (Å²) in [7, 11) is 4.86. The van der Waals surface area contributed by atoms with Crippen LogP contribution in [0.25, 0.3) is 0 Å². The lowest BCUT2D eigenvalue weighted by Gasteiger charge is -2.19. The maximum atomic E-state index is 13.2. The highest BCUT2D eigenvalue weighted by molar-refractivity contribution is 6.10.